The van der Waals surface area contributed by atoms with E-state index in [1.807, 2.05) is 20.2 Å². The number of nitrogens with one attached hydrogen (secondary N) is 1. The van der Waals surface area contributed by atoms with Gasteiger partial charge in [0.05, 0.1) is 6.42 Å². The molecule has 1 aliphatic rings. The number of rotatable bonds is 3. The number of aryl methyl sites for hydroxylation is 2. The van der Waals surface area contributed by atoms with Crippen molar-refractivity contribution in [1.29, 1.82) is 0 Å². The molecule has 1 aliphatic carbocycles. The van der Waals surface area contributed by atoms with Crippen LogP contribution in [0.3, 0.4) is 0 Å². The topological polar surface area (TPSA) is 50.7 Å². The van der Waals surface area contributed by atoms with Crippen LogP contribution in [0.1, 0.15) is 46.7 Å². The molecule has 0 radical (unpaired) electrons. The number of hydrogen-bond acceptors (Lipinski definition) is 5. The summed E-state index contributed by atoms with van der Waals surface area (Å²) in [6, 6.07) is 0.417. The van der Waals surface area contributed by atoms with Gasteiger partial charge in [-0.05, 0) is 33.2 Å². The molecule has 2 heterocycles. The summed E-state index contributed by atoms with van der Waals surface area (Å²) < 4.78 is 0. The second kappa shape index (κ2) is 5.35. The molecule has 0 saturated heterocycles. The summed E-state index contributed by atoms with van der Waals surface area (Å²) in [6.07, 6.45) is 6.19. The normalized spacial score (nSPS) is 18.3. The van der Waals surface area contributed by atoms with Crippen LogP contribution < -0.4 is 5.32 Å². The van der Waals surface area contributed by atoms with Gasteiger partial charge in [-0.1, -0.05) is 0 Å². The first-order valence-corrected chi connectivity index (χ1v) is 7.57. The summed E-state index contributed by atoms with van der Waals surface area (Å²) in [6.45, 7) is 2.02. The van der Waals surface area contributed by atoms with Crippen LogP contribution in [0.2, 0.25) is 0 Å². The van der Waals surface area contributed by atoms with Crippen LogP contribution in [-0.4, -0.2) is 22.0 Å². The number of fused-ring (bicyclic) bond motifs is 1. The fraction of sp³-hybridized carbons (Fsp3) is 0.500. The highest BCUT2D eigenvalue weighted by atomic mass is 32.1. The minimum Gasteiger partial charge on any atom is -0.313 e. The fourth-order valence-electron chi connectivity index (χ4n) is 2.59. The van der Waals surface area contributed by atoms with E-state index in [1.165, 1.54) is 24.1 Å². The summed E-state index contributed by atoms with van der Waals surface area (Å²) in [7, 11) is 2.01. The van der Waals surface area contributed by atoms with E-state index in [-0.39, 0.29) is 0 Å². The van der Waals surface area contributed by atoms with Crippen LogP contribution in [0.15, 0.2) is 11.6 Å². The molecular formula is C14H18N4S. The Kier molecular flexibility index (Phi) is 3.57. The number of thiazole rings is 1. The van der Waals surface area contributed by atoms with Crippen molar-refractivity contribution in [3.63, 3.8) is 0 Å². The average molecular weight is 274 g/mol. The second-order valence-electron chi connectivity index (χ2n) is 4.98. The molecular weight excluding hydrogens is 256 g/mol. The van der Waals surface area contributed by atoms with Crippen molar-refractivity contribution in [2.45, 2.75) is 38.6 Å². The lowest BCUT2D eigenvalue weighted by atomic mass is 9.92. The SMILES string of the molecule is CNC1CCCc2nc(Cc3nc(C)cs3)ncc21. The summed E-state index contributed by atoms with van der Waals surface area (Å²) >= 11 is 1.68. The molecule has 1 atom stereocenters. The average Bonchev–Trinajstić information content (AvgIpc) is 2.83. The molecule has 0 aromatic carbocycles. The zero-order valence-electron chi connectivity index (χ0n) is 11.3. The molecule has 100 valence electrons. The Morgan fingerprint density at radius 1 is 1.42 bits per heavy atom. The molecule has 1 unspecified atom stereocenters. The molecule has 0 amide bonds. The van der Waals surface area contributed by atoms with Crippen molar-refractivity contribution in [2.24, 2.45) is 0 Å². The number of aromatic nitrogens is 3. The van der Waals surface area contributed by atoms with Crippen molar-refractivity contribution in [3.8, 4) is 0 Å². The van der Waals surface area contributed by atoms with Crippen molar-refractivity contribution in [2.75, 3.05) is 7.05 Å². The molecule has 5 heteroatoms. The molecule has 0 fully saturated rings. The lowest BCUT2D eigenvalue weighted by molar-refractivity contribution is 0.485. The minimum absolute atomic E-state index is 0.417. The van der Waals surface area contributed by atoms with Crippen LogP contribution in [-0.2, 0) is 12.8 Å². The highest BCUT2D eigenvalue weighted by Crippen LogP contribution is 2.27. The van der Waals surface area contributed by atoms with E-state index < -0.39 is 0 Å². The van der Waals surface area contributed by atoms with Crippen LogP contribution in [0.4, 0.5) is 0 Å². The van der Waals surface area contributed by atoms with Gasteiger partial charge < -0.3 is 5.32 Å². The zero-order chi connectivity index (χ0) is 13.2. The molecule has 1 N–H and O–H groups in total. The Bertz CT molecular complexity index is 579. The van der Waals surface area contributed by atoms with Crippen LogP contribution in [0.25, 0.3) is 0 Å². The van der Waals surface area contributed by atoms with E-state index in [0.29, 0.717) is 6.04 Å². The van der Waals surface area contributed by atoms with E-state index in [2.05, 4.69) is 20.7 Å². The van der Waals surface area contributed by atoms with Gasteiger partial charge in [0, 0.05) is 34.6 Å². The van der Waals surface area contributed by atoms with Gasteiger partial charge in [0.1, 0.15) is 10.8 Å². The highest BCUT2D eigenvalue weighted by Gasteiger charge is 2.20. The van der Waals surface area contributed by atoms with Gasteiger partial charge in [0.15, 0.2) is 0 Å². The molecule has 0 spiro atoms. The van der Waals surface area contributed by atoms with Gasteiger partial charge in [-0.25, -0.2) is 15.0 Å². The molecule has 2 aromatic rings. The smallest absolute Gasteiger partial charge is 0.135 e. The van der Waals surface area contributed by atoms with Crippen LogP contribution >= 0.6 is 11.3 Å². The number of nitrogens with zero attached hydrogens (tertiary/aromatic N) is 3. The third kappa shape index (κ3) is 2.67. The monoisotopic (exact) mass is 274 g/mol. The van der Waals surface area contributed by atoms with Gasteiger partial charge in [0.25, 0.3) is 0 Å². The number of hydrogen-bond donors (Lipinski definition) is 1. The Balaban J connectivity index is 1.85. The second-order valence-corrected chi connectivity index (χ2v) is 5.92. The maximum absolute atomic E-state index is 4.73. The fourth-order valence-corrected chi connectivity index (χ4v) is 3.36. The van der Waals surface area contributed by atoms with Gasteiger partial charge in [-0.3, -0.25) is 0 Å². The van der Waals surface area contributed by atoms with Gasteiger partial charge in [0.2, 0.25) is 0 Å². The molecule has 19 heavy (non-hydrogen) atoms. The first-order valence-electron chi connectivity index (χ1n) is 6.69. The van der Waals surface area contributed by atoms with Crippen molar-refractivity contribution >= 4 is 11.3 Å². The lowest BCUT2D eigenvalue weighted by Crippen LogP contribution is -2.23. The largest absolute Gasteiger partial charge is 0.313 e. The standard InChI is InChI=1S/C14H18N4S/c1-9-8-19-14(17-9)6-13-16-7-10-11(15-2)4-3-5-12(10)18-13/h7-8,11,15H,3-6H2,1-2H3. The van der Waals surface area contributed by atoms with E-state index in [9.17, 15) is 0 Å². The Labute approximate surface area is 117 Å². The van der Waals surface area contributed by atoms with E-state index >= 15 is 0 Å². The lowest BCUT2D eigenvalue weighted by Gasteiger charge is -2.24. The zero-order valence-corrected chi connectivity index (χ0v) is 12.1. The Morgan fingerprint density at radius 3 is 3.05 bits per heavy atom. The van der Waals surface area contributed by atoms with Crippen molar-refractivity contribution < 1.29 is 0 Å². The van der Waals surface area contributed by atoms with Gasteiger partial charge in [-0.15, -0.1) is 11.3 Å². The van der Waals surface area contributed by atoms with Gasteiger partial charge >= 0.3 is 0 Å². The van der Waals surface area contributed by atoms with E-state index in [1.54, 1.807) is 11.3 Å². The minimum atomic E-state index is 0.417. The van der Waals surface area contributed by atoms with Gasteiger partial charge in [-0.2, -0.15) is 0 Å². The summed E-state index contributed by atoms with van der Waals surface area (Å²) in [5.41, 5.74) is 3.56. The summed E-state index contributed by atoms with van der Waals surface area (Å²) in [4.78, 5) is 13.7. The Morgan fingerprint density at radius 2 is 2.32 bits per heavy atom. The maximum Gasteiger partial charge on any atom is 0.135 e. The van der Waals surface area contributed by atoms with Crippen LogP contribution in [0.5, 0.6) is 0 Å². The molecule has 0 aliphatic heterocycles. The quantitative estimate of drug-likeness (QED) is 0.934. The first kappa shape index (κ1) is 12.7. The molecule has 0 bridgehead atoms. The predicted octanol–water partition coefficient (Wildman–Crippen LogP) is 2.43. The highest BCUT2D eigenvalue weighted by molar-refractivity contribution is 7.09. The Hall–Kier alpha value is -1.33. The summed E-state index contributed by atoms with van der Waals surface area (Å²) in [5.74, 6) is 0.893. The third-order valence-electron chi connectivity index (χ3n) is 3.56. The molecule has 3 rings (SSSR count). The molecule has 0 saturated carbocycles. The first-order chi connectivity index (χ1) is 9.26. The predicted molar refractivity (Wildman–Crippen MR) is 76.4 cm³/mol. The molecule has 2 aromatic heterocycles. The van der Waals surface area contributed by atoms with Crippen LogP contribution in [0, 0.1) is 6.92 Å². The third-order valence-corrected chi connectivity index (χ3v) is 4.52. The van der Waals surface area contributed by atoms with Crippen molar-refractivity contribution in [1.82, 2.24) is 20.3 Å². The molecule has 4 nitrogen and oxygen atoms in total. The van der Waals surface area contributed by atoms with E-state index in [0.717, 1.165) is 29.4 Å². The van der Waals surface area contributed by atoms with Crippen molar-refractivity contribution in [3.05, 3.63) is 39.4 Å². The summed E-state index contributed by atoms with van der Waals surface area (Å²) in [5, 5.41) is 6.51. The maximum atomic E-state index is 4.73. The van der Waals surface area contributed by atoms with E-state index in [4.69, 9.17) is 4.98 Å².